The Labute approximate surface area is 150 Å². The van der Waals surface area contributed by atoms with Crippen molar-refractivity contribution in [1.29, 1.82) is 0 Å². The number of rotatable bonds is 7. The SMILES string of the molecule is Cn1nnnc1SCCNC(=O)[C@H](c1cccnc1)N1CCOCC1. The summed E-state index contributed by atoms with van der Waals surface area (Å²) in [5, 5.41) is 15.0. The number of amides is 1. The fourth-order valence-electron chi connectivity index (χ4n) is 2.66. The standard InChI is InChI=1S/C15H21N7O2S/c1-21-15(18-19-20-21)25-10-5-17-14(23)13(12-3-2-4-16-11-12)22-6-8-24-9-7-22/h2-4,11,13H,5-10H2,1H3,(H,17,23)/t13-/m0/s1. The van der Waals surface area contributed by atoms with Crippen molar-refractivity contribution < 1.29 is 9.53 Å². The van der Waals surface area contributed by atoms with Crippen LogP contribution in [0.2, 0.25) is 0 Å². The van der Waals surface area contributed by atoms with E-state index >= 15 is 0 Å². The molecule has 1 N–H and O–H groups in total. The minimum atomic E-state index is -0.348. The molecule has 0 aromatic carbocycles. The van der Waals surface area contributed by atoms with Gasteiger partial charge in [-0.05, 0) is 22.1 Å². The summed E-state index contributed by atoms with van der Waals surface area (Å²) in [6, 6.07) is 3.44. The van der Waals surface area contributed by atoms with E-state index in [1.54, 1.807) is 24.1 Å². The van der Waals surface area contributed by atoms with Crippen molar-refractivity contribution in [3.8, 4) is 0 Å². The highest BCUT2D eigenvalue weighted by atomic mass is 32.2. The van der Waals surface area contributed by atoms with Gasteiger partial charge in [-0.15, -0.1) is 5.10 Å². The Morgan fingerprint density at radius 3 is 2.96 bits per heavy atom. The van der Waals surface area contributed by atoms with Crippen LogP contribution < -0.4 is 5.32 Å². The quantitative estimate of drug-likeness (QED) is 0.537. The predicted molar refractivity (Wildman–Crippen MR) is 91.9 cm³/mol. The highest BCUT2D eigenvalue weighted by Gasteiger charge is 2.28. The highest BCUT2D eigenvalue weighted by Crippen LogP contribution is 2.21. The van der Waals surface area contributed by atoms with Crippen LogP contribution in [-0.4, -0.2) is 74.6 Å². The summed E-state index contributed by atoms with van der Waals surface area (Å²) in [7, 11) is 1.79. The van der Waals surface area contributed by atoms with E-state index in [1.165, 1.54) is 11.8 Å². The molecule has 25 heavy (non-hydrogen) atoms. The number of pyridine rings is 1. The van der Waals surface area contributed by atoms with Gasteiger partial charge in [-0.25, -0.2) is 4.68 Å². The molecule has 2 aromatic heterocycles. The van der Waals surface area contributed by atoms with Crippen LogP contribution in [0.3, 0.4) is 0 Å². The second-order valence-corrected chi connectivity index (χ2v) is 6.62. The van der Waals surface area contributed by atoms with Gasteiger partial charge in [0.1, 0.15) is 6.04 Å². The number of ether oxygens (including phenoxy) is 1. The van der Waals surface area contributed by atoms with E-state index in [2.05, 4.69) is 30.7 Å². The molecule has 3 rings (SSSR count). The topological polar surface area (TPSA) is 98.1 Å². The number of nitrogens with zero attached hydrogens (tertiary/aromatic N) is 6. The Bertz CT molecular complexity index is 676. The van der Waals surface area contributed by atoms with Gasteiger partial charge in [0.15, 0.2) is 0 Å². The third kappa shape index (κ3) is 4.74. The van der Waals surface area contributed by atoms with Crippen molar-refractivity contribution in [2.45, 2.75) is 11.2 Å². The van der Waals surface area contributed by atoms with Crippen LogP contribution >= 0.6 is 11.8 Å². The Morgan fingerprint density at radius 2 is 2.28 bits per heavy atom. The van der Waals surface area contributed by atoms with Crippen molar-refractivity contribution >= 4 is 17.7 Å². The Balaban J connectivity index is 1.58. The van der Waals surface area contributed by atoms with Crippen molar-refractivity contribution in [2.24, 2.45) is 7.05 Å². The number of hydrogen-bond donors (Lipinski definition) is 1. The number of carbonyl (C=O) groups is 1. The van der Waals surface area contributed by atoms with E-state index in [4.69, 9.17) is 4.74 Å². The molecule has 1 saturated heterocycles. The lowest BCUT2D eigenvalue weighted by atomic mass is 10.1. The average Bonchev–Trinajstić information content (AvgIpc) is 3.06. The summed E-state index contributed by atoms with van der Waals surface area (Å²) in [5.41, 5.74) is 0.895. The maximum absolute atomic E-state index is 12.8. The van der Waals surface area contributed by atoms with E-state index in [1.807, 2.05) is 12.1 Å². The molecule has 134 valence electrons. The van der Waals surface area contributed by atoms with Crippen LogP contribution in [0.25, 0.3) is 0 Å². The summed E-state index contributed by atoms with van der Waals surface area (Å²) in [6.45, 7) is 3.27. The number of carbonyl (C=O) groups excluding carboxylic acids is 1. The van der Waals surface area contributed by atoms with Crippen molar-refractivity contribution in [3.05, 3.63) is 30.1 Å². The van der Waals surface area contributed by atoms with Crippen LogP contribution in [0.15, 0.2) is 29.7 Å². The summed E-state index contributed by atoms with van der Waals surface area (Å²) in [6.07, 6.45) is 3.46. The number of thioether (sulfide) groups is 1. The third-order valence-corrected chi connectivity index (χ3v) is 4.89. The van der Waals surface area contributed by atoms with Gasteiger partial charge in [0.05, 0.1) is 13.2 Å². The van der Waals surface area contributed by atoms with E-state index in [0.717, 1.165) is 23.8 Å². The van der Waals surface area contributed by atoms with Gasteiger partial charge in [0.2, 0.25) is 11.1 Å². The Morgan fingerprint density at radius 1 is 1.44 bits per heavy atom. The van der Waals surface area contributed by atoms with E-state index in [0.29, 0.717) is 25.5 Å². The fourth-order valence-corrected chi connectivity index (χ4v) is 3.36. The Kier molecular flexibility index (Phi) is 6.31. The maximum atomic E-state index is 12.8. The van der Waals surface area contributed by atoms with Crippen LogP contribution in [-0.2, 0) is 16.6 Å². The largest absolute Gasteiger partial charge is 0.379 e. The first-order valence-electron chi connectivity index (χ1n) is 8.10. The van der Waals surface area contributed by atoms with Crippen LogP contribution in [0.4, 0.5) is 0 Å². The molecule has 9 nitrogen and oxygen atoms in total. The molecule has 2 aromatic rings. The van der Waals surface area contributed by atoms with Gasteiger partial charge in [0.25, 0.3) is 0 Å². The second kappa shape index (κ2) is 8.88. The minimum Gasteiger partial charge on any atom is -0.379 e. The number of aryl methyl sites for hydroxylation is 1. The first kappa shape index (κ1) is 17.8. The van der Waals surface area contributed by atoms with E-state index < -0.39 is 0 Å². The molecule has 0 bridgehead atoms. The smallest absolute Gasteiger partial charge is 0.242 e. The monoisotopic (exact) mass is 363 g/mol. The Hall–Kier alpha value is -2.04. The lowest BCUT2D eigenvalue weighted by Crippen LogP contribution is -2.46. The highest BCUT2D eigenvalue weighted by molar-refractivity contribution is 7.99. The van der Waals surface area contributed by atoms with Crippen molar-refractivity contribution in [3.63, 3.8) is 0 Å². The molecule has 0 spiro atoms. The van der Waals surface area contributed by atoms with Crippen LogP contribution in [0.5, 0.6) is 0 Å². The minimum absolute atomic E-state index is 0.0217. The normalized spacial score (nSPS) is 16.5. The molecule has 3 heterocycles. The first-order valence-corrected chi connectivity index (χ1v) is 9.09. The van der Waals surface area contributed by atoms with Crippen LogP contribution in [0.1, 0.15) is 11.6 Å². The number of hydrogen-bond acceptors (Lipinski definition) is 8. The lowest BCUT2D eigenvalue weighted by molar-refractivity contribution is -0.128. The molecule has 1 amide bonds. The van der Waals surface area contributed by atoms with Crippen LogP contribution in [0, 0.1) is 0 Å². The van der Waals surface area contributed by atoms with Crippen molar-refractivity contribution in [2.75, 3.05) is 38.6 Å². The van der Waals surface area contributed by atoms with Gasteiger partial charge in [0, 0.05) is 44.8 Å². The number of tetrazole rings is 1. The maximum Gasteiger partial charge on any atom is 0.242 e. The zero-order chi connectivity index (χ0) is 17.5. The molecule has 0 saturated carbocycles. The van der Waals surface area contributed by atoms with Gasteiger partial charge in [-0.1, -0.05) is 17.8 Å². The predicted octanol–water partition coefficient (Wildman–Crippen LogP) is -0.113. The van der Waals surface area contributed by atoms with Crippen molar-refractivity contribution in [1.82, 2.24) is 35.4 Å². The molecule has 1 fully saturated rings. The number of aromatic nitrogens is 5. The molecule has 0 aliphatic carbocycles. The van der Waals surface area contributed by atoms with E-state index in [-0.39, 0.29) is 11.9 Å². The number of morpholine rings is 1. The zero-order valence-electron chi connectivity index (χ0n) is 14.0. The second-order valence-electron chi connectivity index (χ2n) is 5.56. The summed E-state index contributed by atoms with van der Waals surface area (Å²) in [4.78, 5) is 19.1. The average molecular weight is 363 g/mol. The number of nitrogens with one attached hydrogen (secondary N) is 1. The molecule has 1 aliphatic heterocycles. The van der Waals surface area contributed by atoms with Gasteiger partial charge < -0.3 is 10.1 Å². The third-order valence-electron chi connectivity index (χ3n) is 3.87. The first-order chi connectivity index (χ1) is 12.3. The summed E-state index contributed by atoms with van der Waals surface area (Å²) >= 11 is 1.50. The van der Waals surface area contributed by atoms with Gasteiger partial charge in [-0.2, -0.15) is 0 Å². The van der Waals surface area contributed by atoms with Gasteiger partial charge >= 0.3 is 0 Å². The molecule has 1 aliphatic rings. The lowest BCUT2D eigenvalue weighted by Gasteiger charge is -2.33. The molecule has 0 unspecified atom stereocenters. The fraction of sp³-hybridized carbons (Fsp3) is 0.533. The molecule has 1 atom stereocenters. The molecule has 10 heteroatoms. The molecule has 0 radical (unpaired) electrons. The summed E-state index contributed by atoms with van der Waals surface area (Å²) in [5.74, 6) is 0.676. The van der Waals surface area contributed by atoms with E-state index in [9.17, 15) is 4.79 Å². The summed E-state index contributed by atoms with van der Waals surface area (Å²) < 4.78 is 7.01. The van der Waals surface area contributed by atoms with Gasteiger partial charge in [-0.3, -0.25) is 14.7 Å². The molecular weight excluding hydrogens is 342 g/mol. The molecular formula is C15H21N7O2S. The zero-order valence-corrected chi connectivity index (χ0v) is 14.9.